The van der Waals surface area contributed by atoms with Crippen molar-refractivity contribution < 1.29 is 14.5 Å². The number of rotatable bonds is 5. The molecule has 1 aromatic heterocycles. The Labute approximate surface area is 205 Å². The van der Waals surface area contributed by atoms with Gasteiger partial charge in [0.05, 0.1) is 36.4 Å². The van der Waals surface area contributed by atoms with Gasteiger partial charge in [0.1, 0.15) is 5.56 Å². The monoisotopic (exact) mass is 515 g/mol. The summed E-state index contributed by atoms with van der Waals surface area (Å²) < 4.78 is 1.60. The minimum Gasteiger partial charge on any atom is -0.268 e. The molecule has 0 N–H and O–H groups in total. The lowest BCUT2D eigenvalue weighted by Gasteiger charge is -2.13. The second-order valence-electron chi connectivity index (χ2n) is 7.07. The number of benzene rings is 3. The molecule has 0 aliphatic carbocycles. The molecule has 0 fully saturated rings. The standard InChI is InChI=1S/C22H11Cl2N3O4S2/c23-14-6-4-11(8-15(14)24)10-32-22-25-16-7-5-12(9-18(16)33-22)26-20(28)13-2-1-3-17(27(30)31)19(13)21(26)29/h1-9H,10H2. The quantitative estimate of drug-likeness (QED) is 0.128. The lowest BCUT2D eigenvalue weighted by atomic mass is 10.1. The fourth-order valence-corrected chi connectivity index (χ4v) is 5.89. The van der Waals surface area contributed by atoms with E-state index in [0.29, 0.717) is 21.5 Å². The maximum absolute atomic E-state index is 12.9. The molecule has 11 heteroatoms. The van der Waals surface area contributed by atoms with Gasteiger partial charge in [-0.3, -0.25) is 19.7 Å². The van der Waals surface area contributed by atoms with Crippen LogP contribution < -0.4 is 4.90 Å². The van der Waals surface area contributed by atoms with E-state index in [-0.39, 0.29) is 16.8 Å². The van der Waals surface area contributed by atoms with Crippen molar-refractivity contribution in [2.45, 2.75) is 10.1 Å². The number of fused-ring (bicyclic) bond motifs is 2. The van der Waals surface area contributed by atoms with Gasteiger partial charge in [-0.1, -0.05) is 47.1 Å². The van der Waals surface area contributed by atoms with E-state index in [1.807, 2.05) is 12.1 Å². The van der Waals surface area contributed by atoms with Gasteiger partial charge in [0.25, 0.3) is 17.5 Å². The largest absolute Gasteiger partial charge is 0.283 e. The highest BCUT2D eigenvalue weighted by molar-refractivity contribution is 8.00. The van der Waals surface area contributed by atoms with Crippen LogP contribution in [0.5, 0.6) is 0 Å². The molecule has 2 heterocycles. The van der Waals surface area contributed by atoms with Crippen molar-refractivity contribution in [3.63, 3.8) is 0 Å². The number of carbonyl (C=O) groups is 2. The topological polar surface area (TPSA) is 93.4 Å². The third-order valence-corrected chi connectivity index (χ3v) is 8.02. The van der Waals surface area contributed by atoms with Crippen LogP contribution in [0.1, 0.15) is 26.3 Å². The molecule has 2 amide bonds. The number of carbonyl (C=O) groups excluding carboxylic acids is 2. The molecule has 3 aromatic carbocycles. The number of anilines is 1. The van der Waals surface area contributed by atoms with Gasteiger partial charge in [0.15, 0.2) is 4.34 Å². The summed E-state index contributed by atoms with van der Waals surface area (Å²) in [7, 11) is 0. The smallest absolute Gasteiger partial charge is 0.268 e. The number of nitro benzene ring substituents is 1. The predicted molar refractivity (Wildman–Crippen MR) is 130 cm³/mol. The van der Waals surface area contributed by atoms with Crippen molar-refractivity contribution in [2.75, 3.05) is 4.90 Å². The highest BCUT2D eigenvalue weighted by atomic mass is 35.5. The fraction of sp³-hybridized carbons (Fsp3) is 0.0455. The molecule has 0 atom stereocenters. The summed E-state index contributed by atoms with van der Waals surface area (Å²) in [6.07, 6.45) is 0. The number of hydrogen-bond donors (Lipinski definition) is 0. The highest BCUT2D eigenvalue weighted by Crippen LogP contribution is 2.38. The third-order valence-electron chi connectivity index (χ3n) is 5.05. The van der Waals surface area contributed by atoms with Gasteiger partial charge < -0.3 is 0 Å². The zero-order valence-electron chi connectivity index (χ0n) is 16.5. The summed E-state index contributed by atoms with van der Waals surface area (Å²) in [5.41, 5.74) is 1.53. The molecular weight excluding hydrogens is 505 g/mol. The minimum absolute atomic E-state index is 0.0245. The van der Waals surface area contributed by atoms with E-state index < -0.39 is 16.7 Å². The van der Waals surface area contributed by atoms with Crippen molar-refractivity contribution in [3.05, 3.63) is 91.4 Å². The molecule has 0 bridgehead atoms. The Morgan fingerprint density at radius 1 is 1.03 bits per heavy atom. The lowest BCUT2D eigenvalue weighted by Crippen LogP contribution is -2.29. The Morgan fingerprint density at radius 3 is 2.61 bits per heavy atom. The Bertz CT molecular complexity index is 1490. The van der Waals surface area contributed by atoms with Crippen LogP contribution in [-0.4, -0.2) is 21.7 Å². The second-order valence-corrected chi connectivity index (χ2v) is 10.1. The van der Waals surface area contributed by atoms with Gasteiger partial charge in [-0.15, -0.1) is 11.3 Å². The van der Waals surface area contributed by atoms with E-state index >= 15 is 0 Å². The Hall–Kier alpha value is -2.98. The van der Waals surface area contributed by atoms with Crippen LogP contribution in [0.2, 0.25) is 10.0 Å². The van der Waals surface area contributed by atoms with E-state index in [2.05, 4.69) is 4.98 Å². The molecule has 164 valence electrons. The molecule has 4 aromatic rings. The van der Waals surface area contributed by atoms with Crippen LogP contribution in [0.3, 0.4) is 0 Å². The maximum atomic E-state index is 12.9. The molecular formula is C22H11Cl2N3O4S2. The average Bonchev–Trinajstić information content (AvgIpc) is 3.32. The zero-order valence-corrected chi connectivity index (χ0v) is 19.6. The molecule has 1 aliphatic heterocycles. The molecule has 1 aliphatic rings. The van der Waals surface area contributed by atoms with Gasteiger partial charge in [-0.25, -0.2) is 9.88 Å². The lowest BCUT2D eigenvalue weighted by molar-refractivity contribution is -0.385. The van der Waals surface area contributed by atoms with E-state index in [1.54, 1.807) is 24.3 Å². The Kier molecular flexibility index (Phi) is 5.57. The number of thiazole rings is 1. The van der Waals surface area contributed by atoms with E-state index in [9.17, 15) is 19.7 Å². The minimum atomic E-state index is -0.708. The summed E-state index contributed by atoms with van der Waals surface area (Å²) in [4.78, 5) is 42.1. The summed E-state index contributed by atoms with van der Waals surface area (Å²) >= 11 is 15.0. The predicted octanol–water partition coefficient (Wildman–Crippen LogP) is 6.60. The molecule has 33 heavy (non-hydrogen) atoms. The van der Waals surface area contributed by atoms with Crippen LogP contribution in [-0.2, 0) is 5.75 Å². The van der Waals surface area contributed by atoms with E-state index in [4.69, 9.17) is 23.2 Å². The summed E-state index contributed by atoms with van der Waals surface area (Å²) in [5.74, 6) is -0.650. The van der Waals surface area contributed by atoms with Gasteiger partial charge in [-0.2, -0.15) is 0 Å². The third kappa shape index (κ3) is 3.87. The zero-order chi connectivity index (χ0) is 23.3. The molecule has 0 spiro atoms. The number of amides is 2. The van der Waals surface area contributed by atoms with Crippen molar-refractivity contribution in [3.8, 4) is 0 Å². The number of hydrogen-bond acceptors (Lipinski definition) is 7. The van der Waals surface area contributed by atoms with Gasteiger partial charge in [0.2, 0.25) is 0 Å². The Balaban J connectivity index is 1.42. The molecule has 0 unspecified atom stereocenters. The molecule has 0 saturated heterocycles. The van der Waals surface area contributed by atoms with E-state index in [1.165, 1.54) is 41.3 Å². The summed E-state index contributed by atoms with van der Waals surface area (Å²) in [6.45, 7) is 0. The maximum Gasteiger partial charge on any atom is 0.283 e. The van der Waals surface area contributed by atoms with Crippen LogP contribution in [0, 0.1) is 10.1 Å². The fourth-order valence-electron chi connectivity index (χ4n) is 3.52. The number of halogens is 2. The number of aromatic nitrogens is 1. The number of nitrogens with zero attached hydrogens (tertiary/aromatic N) is 3. The average molecular weight is 516 g/mol. The number of nitro groups is 1. The van der Waals surface area contributed by atoms with Gasteiger partial charge in [-0.05, 0) is 42.0 Å². The van der Waals surface area contributed by atoms with E-state index in [0.717, 1.165) is 25.0 Å². The molecule has 5 rings (SSSR count). The normalized spacial score (nSPS) is 13.1. The first-order valence-corrected chi connectivity index (χ1v) is 12.0. The van der Waals surface area contributed by atoms with Crippen LogP contribution in [0.15, 0.2) is 58.9 Å². The summed E-state index contributed by atoms with van der Waals surface area (Å²) in [5, 5.41) is 12.3. The van der Waals surface area contributed by atoms with Crippen LogP contribution >= 0.6 is 46.3 Å². The van der Waals surface area contributed by atoms with Crippen LogP contribution in [0.25, 0.3) is 10.2 Å². The van der Waals surface area contributed by atoms with Crippen molar-refractivity contribution >= 4 is 79.7 Å². The number of imide groups is 1. The molecule has 7 nitrogen and oxygen atoms in total. The first-order valence-electron chi connectivity index (χ1n) is 9.47. The first-order chi connectivity index (χ1) is 15.8. The van der Waals surface area contributed by atoms with Crippen molar-refractivity contribution in [2.24, 2.45) is 0 Å². The van der Waals surface area contributed by atoms with Crippen LogP contribution in [0.4, 0.5) is 11.4 Å². The molecule has 0 saturated carbocycles. The SMILES string of the molecule is O=C1c2cccc([N+](=O)[O-])c2C(=O)N1c1ccc2nc(SCc3ccc(Cl)c(Cl)c3)sc2c1. The van der Waals surface area contributed by atoms with Gasteiger partial charge >= 0.3 is 0 Å². The highest BCUT2D eigenvalue weighted by Gasteiger charge is 2.41. The number of thioether (sulfide) groups is 1. The van der Waals surface area contributed by atoms with Crippen molar-refractivity contribution in [1.29, 1.82) is 0 Å². The first kappa shape index (κ1) is 21.8. The second kappa shape index (κ2) is 8.42. The molecule has 0 radical (unpaired) electrons. The van der Waals surface area contributed by atoms with Crippen molar-refractivity contribution in [1.82, 2.24) is 4.98 Å². The van der Waals surface area contributed by atoms with Gasteiger partial charge in [0, 0.05) is 11.8 Å². The summed E-state index contributed by atoms with van der Waals surface area (Å²) in [6, 6.07) is 14.5. The Morgan fingerprint density at radius 2 is 1.85 bits per heavy atom.